The first kappa shape index (κ1) is 21.4. The summed E-state index contributed by atoms with van der Waals surface area (Å²) in [5.74, 6) is -0.683. The van der Waals surface area contributed by atoms with Crippen LogP contribution < -0.4 is 0 Å². The third-order valence-electron chi connectivity index (χ3n) is 3.78. The quantitative estimate of drug-likeness (QED) is 0.174. The number of carbonyl (C=O) groups excluding carboxylic acids is 2. The maximum absolute atomic E-state index is 11.7. The molecule has 1 atom stereocenters. The van der Waals surface area contributed by atoms with Crippen LogP contribution in [0.3, 0.4) is 0 Å². The average molecular weight is 333 g/mol. The Kier molecular flexibility index (Phi) is 14.9. The average Bonchev–Trinajstić information content (AvgIpc) is 2.49. The third-order valence-corrected chi connectivity index (χ3v) is 4.25. The standard InChI is InChI=1S/C18H33ClO3/c1-3-5-6-7-8-9-10-11-12-13-14-16(19)17(20)15-18(21)22-4-2/h16H,3-15H2,1-2H3. The van der Waals surface area contributed by atoms with Crippen LogP contribution in [0.5, 0.6) is 0 Å². The van der Waals surface area contributed by atoms with Gasteiger partial charge in [-0.1, -0.05) is 71.1 Å². The summed E-state index contributed by atoms with van der Waals surface area (Å²) in [7, 11) is 0. The summed E-state index contributed by atoms with van der Waals surface area (Å²) in [6.07, 6.45) is 13.1. The summed E-state index contributed by atoms with van der Waals surface area (Å²) < 4.78 is 4.75. The maximum atomic E-state index is 11.7. The molecule has 0 aromatic heterocycles. The number of rotatable bonds is 15. The van der Waals surface area contributed by atoms with Crippen molar-refractivity contribution in [2.45, 2.75) is 96.3 Å². The lowest BCUT2D eigenvalue weighted by Crippen LogP contribution is -2.19. The van der Waals surface area contributed by atoms with Gasteiger partial charge in [-0.15, -0.1) is 11.6 Å². The molecule has 0 aliphatic rings. The molecule has 0 aromatic rings. The van der Waals surface area contributed by atoms with Crippen LogP contribution in [0.1, 0.15) is 90.9 Å². The molecule has 0 rings (SSSR count). The van der Waals surface area contributed by atoms with Gasteiger partial charge in [0.1, 0.15) is 6.42 Å². The van der Waals surface area contributed by atoms with E-state index in [9.17, 15) is 9.59 Å². The van der Waals surface area contributed by atoms with Crippen molar-refractivity contribution in [1.29, 1.82) is 0 Å². The van der Waals surface area contributed by atoms with Gasteiger partial charge in [0.05, 0.1) is 12.0 Å². The monoisotopic (exact) mass is 332 g/mol. The maximum Gasteiger partial charge on any atom is 0.313 e. The highest BCUT2D eigenvalue weighted by molar-refractivity contribution is 6.32. The molecule has 4 heteroatoms. The molecule has 22 heavy (non-hydrogen) atoms. The highest BCUT2D eigenvalue weighted by atomic mass is 35.5. The second kappa shape index (κ2) is 15.3. The molecule has 0 radical (unpaired) electrons. The van der Waals surface area contributed by atoms with Crippen LogP contribution in [0.2, 0.25) is 0 Å². The van der Waals surface area contributed by atoms with Gasteiger partial charge in [0.2, 0.25) is 0 Å². The van der Waals surface area contributed by atoms with E-state index in [0.29, 0.717) is 13.0 Å². The molecule has 130 valence electrons. The molecule has 0 aliphatic heterocycles. The van der Waals surface area contributed by atoms with Crippen molar-refractivity contribution in [3.63, 3.8) is 0 Å². The smallest absolute Gasteiger partial charge is 0.313 e. The number of carbonyl (C=O) groups is 2. The van der Waals surface area contributed by atoms with Gasteiger partial charge in [-0.2, -0.15) is 0 Å². The lowest BCUT2D eigenvalue weighted by molar-refractivity contribution is -0.145. The highest BCUT2D eigenvalue weighted by Crippen LogP contribution is 2.15. The number of ether oxygens (including phenoxy) is 1. The first-order valence-electron chi connectivity index (χ1n) is 8.94. The predicted molar refractivity (Wildman–Crippen MR) is 92.4 cm³/mol. The second-order valence-electron chi connectivity index (χ2n) is 5.89. The van der Waals surface area contributed by atoms with Crippen molar-refractivity contribution in [2.75, 3.05) is 6.61 Å². The lowest BCUT2D eigenvalue weighted by Gasteiger charge is -2.08. The van der Waals surface area contributed by atoms with Crippen LogP contribution in [0.25, 0.3) is 0 Å². The molecule has 0 saturated heterocycles. The second-order valence-corrected chi connectivity index (χ2v) is 6.41. The summed E-state index contributed by atoms with van der Waals surface area (Å²) in [6.45, 7) is 4.27. The fourth-order valence-corrected chi connectivity index (χ4v) is 2.67. The Balaban J connectivity index is 3.42. The summed E-state index contributed by atoms with van der Waals surface area (Å²) in [5.41, 5.74) is 0. The van der Waals surface area contributed by atoms with Crippen molar-refractivity contribution in [1.82, 2.24) is 0 Å². The van der Waals surface area contributed by atoms with Gasteiger partial charge < -0.3 is 4.74 Å². The molecule has 0 N–H and O–H groups in total. The lowest BCUT2D eigenvalue weighted by atomic mass is 10.0. The van der Waals surface area contributed by atoms with Crippen LogP contribution in [0, 0.1) is 0 Å². The van der Waals surface area contributed by atoms with Crippen molar-refractivity contribution in [3.05, 3.63) is 0 Å². The minimum Gasteiger partial charge on any atom is -0.466 e. The van der Waals surface area contributed by atoms with E-state index in [4.69, 9.17) is 16.3 Å². The first-order chi connectivity index (χ1) is 10.6. The van der Waals surface area contributed by atoms with Crippen molar-refractivity contribution in [3.8, 4) is 0 Å². The number of ketones is 1. The van der Waals surface area contributed by atoms with Crippen LogP contribution >= 0.6 is 11.6 Å². The molecule has 0 bridgehead atoms. The Morgan fingerprint density at radius 2 is 1.36 bits per heavy atom. The fourth-order valence-electron chi connectivity index (χ4n) is 2.44. The largest absolute Gasteiger partial charge is 0.466 e. The molecule has 0 aliphatic carbocycles. The molecule has 0 amide bonds. The highest BCUT2D eigenvalue weighted by Gasteiger charge is 2.18. The Labute approximate surface area is 141 Å². The predicted octanol–water partition coefficient (Wildman–Crippen LogP) is 5.43. The summed E-state index contributed by atoms with van der Waals surface area (Å²) in [5, 5.41) is -0.543. The number of alkyl halides is 1. The number of esters is 1. The van der Waals surface area contributed by atoms with Gasteiger partial charge in [0.25, 0.3) is 0 Å². The van der Waals surface area contributed by atoms with E-state index in [-0.39, 0.29) is 12.2 Å². The number of hydrogen-bond acceptors (Lipinski definition) is 3. The number of halogens is 1. The van der Waals surface area contributed by atoms with Gasteiger partial charge in [-0.25, -0.2) is 0 Å². The minimum atomic E-state index is -0.543. The zero-order valence-corrected chi connectivity index (χ0v) is 15.1. The van der Waals surface area contributed by atoms with E-state index >= 15 is 0 Å². The molecule has 0 heterocycles. The molecule has 0 saturated carbocycles. The van der Waals surface area contributed by atoms with Gasteiger partial charge in [-0.3, -0.25) is 9.59 Å². The summed E-state index contributed by atoms with van der Waals surface area (Å²) in [6, 6.07) is 0. The summed E-state index contributed by atoms with van der Waals surface area (Å²) in [4.78, 5) is 22.9. The Morgan fingerprint density at radius 1 is 0.864 bits per heavy atom. The van der Waals surface area contributed by atoms with E-state index in [1.165, 1.54) is 51.4 Å². The molecule has 1 unspecified atom stereocenters. The normalized spacial score (nSPS) is 12.1. The van der Waals surface area contributed by atoms with Crippen LogP contribution in [0.15, 0.2) is 0 Å². The van der Waals surface area contributed by atoms with Gasteiger partial charge >= 0.3 is 5.97 Å². The topological polar surface area (TPSA) is 43.4 Å². The van der Waals surface area contributed by atoms with E-state index in [2.05, 4.69) is 6.92 Å². The van der Waals surface area contributed by atoms with E-state index in [1.807, 2.05) is 0 Å². The van der Waals surface area contributed by atoms with E-state index < -0.39 is 11.3 Å². The Bertz CT molecular complexity index is 292. The SMILES string of the molecule is CCCCCCCCCCCCC(Cl)C(=O)CC(=O)OCC. The molecule has 3 nitrogen and oxygen atoms in total. The fraction of sp³-hybridized carbons (Fsp3) is 0.889. The van der Waals surface area contributed by atoms with Crippen LogP contribution in [0.4, 0.5) is 0 Å². The Morgan fingerprint density at radius 3 is 1.86 bits per heavy atom. The van der Waals surface area contributed by atoms with Gasteiger partial charge in [0.15, 0.2) is 5.78 Å². The van der Waals surface area contributed by atoms with Crippen LogP contribution in [-0.4, -0.2) is 23.7 Å². The molecule has 0 fully saturated rings. The number of hydrogen-bond donors (Lipinski definition) is 0. The molecular weight excluding hydrogens is 300 g/mol. The molecule has 0 spiro atoms. The van der Waals surface area contributed by atoms with E-state index in [1.54, 1.807) is 6.92 Å². The van der Waals surface area contributed by atoms with Crippen molar-refractivity contribution < 1.29 is 14.3 Å². The van der Waals surface area contributed by atoms with Crippen molar-refractivity contribution in [2.24, 2.45) is 0 Å². The third kappa shape index (κ3) is 13.1. The molecular formula is C18H33ClO3. The van der Waals surface area contributed by atoms with Gasteiger partial charge in [-0.05, 0) is 13.3 Å². The zero-order chi connectivity index (χ0) is 16.6. The first-order valence-corrected chi connectivity index (χ1v) is 9.37. The molecule has 0 aromatic carbocycles. The van der Waals surface area contributed by atoms with E-state index in [0.717, 1.165) is 12.8 Å². The Hall–Kier alpha value is -0.570. The zero-order valence-electron chi connectivity index (χ0n) is 14.4. The van der Waals surface area contributed by atoms with Crippen molar-refractivity contribution >= 4 is 23.4 Å². The minimum absolute atomic E-state index is 0.195. The summed E-state index contributed by atoms with van der Waals surface area (Å²) >= 11 is 6.03. The van der Waals surface area contributed by atoms with Crippen LogP contribution in [-0.2, 0) is 14.3 Å². The number of Topliss-reactive ketones (excluding diaryl/α,β-unsaturated/α-hetero) is 1. The number of unbranched alkanes of at least 4 members (excludes halogenated alkanes) is 9. The van der Waals surface area contributed by atoms with Gasteiger partial charge in [0, 0.05) is 0 Å².